The lowest BCUT2D eigenvalue weighted by Crippen LogP contribution is -2.32. The van der Waals surface area contributed by atoms with Crippen molar-refractivity contribution in [3.8, 4) is 187 Å². The van der Waals surface area contributed by atoms with Gasteiger partial charge in [0.2, 0.25) is 0 Å². The Hall–Kier alpha value is -16.4. The highest BCUT2D eigenvalue weighted by atomic mass is 16.5. The number of nitriles is 3. The van der Waals surface area contributed by atoms with Gasteiger partial charge in [-0.15, -0.1) is 0 Å². The van der Waals surface area contributed by atoms with Crippen LogP contribution in [0.4, 0.5) is 0 Å². The second-order valence-corrected chi connectivity index (χ2v) is 30.0. The number of benzene rings is 16. The van der Waals surface area contributed by atoms with E-state index in [1.807, 2.05) is 146 Å². The number of ether oxygens (including phenoxy) is 2. The van der Waals surface area contributed by atoms with Gasteiger partial charge in [-0.3, -0.25) is 0 Å². The van der Waals surface area contributed by atoms with E-state index in [0.29, 0.717) is 85.8 Å². The zero-order valence-corrected chi connectivity index (χ0v) is 63.1. The third-order valence-electron chi connectivity index (χ3n) is 23.6. The summed E-state index contributed by atoms with van der Waals surface area (Å²) >= 11 is 0. The summed E-state index contributed by atoms with van der Waals surface area (Å²) in [4.78, 5) is 32.7. The summed E-state index contributed by atoms with van der Waals surface area (Å²) in [6, 6.07) is 134. The Balaban J connectivity index is 0.767. The molecule has 4 heterocycles. The number of fused-ring (bicyclic) bond motifs is 18. The minimum atomic E-state index is -1.05. The number of hydrogen-bond donors (Lipinski definition) is 0. The molecule has 1 atom stereocenters. The minimum absolute atomic E-state index is 0.408. The van der Waals surface area contributed by atoms with Gasteiger partial charge in [0, 0.05) is 55.6 Å². The van der Waals surface area contributed by atoms with E-state index >= 15 is 0 Å². The molecule has 2 spiro atoms. The van der Waals surface area contributed by atoms with Crippen LogP contribution in [-0.2, 0) is 10.8 Å². The van der Waals surface area contributed by atoms with Crippen LogP contribution in [0.2, 0.25) is 0 Å². The summed E-state index contributed by atoms with van der Waals surface area (Å²) in [5, 5.41) is 30.4. The number of hydrogen-bond acceptors (Lipinski definition) is 11. The molecule has 2 aliphatic carbocycles. The van der Waals surface area contributed by atoms with Gasteiger partial charge >= 0.3 is 0 Å². The molecule has 2 aliphatic heterocycles. The predicted molar refractivity (Wildman–Crippen MR) is 462 cm³/mol. The van der Waals surface area contributed by atoms with Crippen LogP contribution in [0.1, 0.15) is 61.2 Å². The topological polar surface area (TPSA) is 167 Å². The maximum absolute atomic E-state index is 10.3. The SMILES string of the molecule is N#Cc1cc(C#N)cc(-c2ccc(-c3cccc4c3Oc3c(-c5nc(-c6ccccc6)nc(-c6ccccc6)n5)cccc3C43c4ccccc4-c4c(-c5cc(-c6ccccc6)cc(-c6nc(-c7ccccc7)nc(-c7cccc8c7Oc7c(-c9cccc(C#N)c9)cccc7C87c8ccccc8-c8ccccc87)n6)c5)cccc43)cc2)c1. The first kappa shape index (κ1) is 68.4. The normalized spacial score (nSPS) is 13.6. The Labute approximate surface area is 680 Å². The zero-order valence-electron chi connectivity index (χ0n) is 63.1. The molecule has 18 aromatic rings. The lowest BCUT2D eigenvalue weighted by atomic mass is 9.65. The van der Waals surface area contributed by atoms with Gasteiger partial charge in [0.1, 0.15) is 23.0 Å². The van der Waals surface area contributed by atoms with E-state index in [4.69, 9.17) is 39.4 Å². The Bertz CT molecular complexity index is 7220. The highest BCUT2D eigenvalue weighted by Gasteiger charge is 2.55. The van der Waals surface area contributed by atoms with Crippen molar-refractivity contribution in [3.05, 3.63) is 431 Å². The van der Waals surface area contributed by atoms with Crippen molar-refractivity contribution >= 4 is 0 Å². The van der Waals surface area contributed by atoms with Crippen molar-refractivity contribution in [1.29, 1.82) is 15.8 Å². The second kappa shape index (κ2) is 27.5. The molecule has 0 N–H and O–H groups in total. The highest BCUT2D eigenvalue weighted by Crippen LogP contribution is 2.67. The molecule has 118 heavy (non-hydrogen) atoms. The van der Waals surface area contributed by atoms with Gasteiger partial charge in [-0.2, -0.15) is 15.8 Å². The van der Waals surface area contributed by atoms with Gasteiger partial charge in [0.25, 0.3) is 0 Å². The van der Waals surface area contributed by atoms with Crippen LogP contribution in [-0.4, -0.2) is 29.9 Å². The smallest absolute Gasteiger partial charge is 0.167 e. The molecule has 0 saturated heterocycles. The molecule has 0 fully saturated rings. The van der Waals surface area contributed by atoms with Gasteiger partial charge in [-0.1, -0.05) is 309 Å². The standard InChI is InChI=1S/C107H61N9O2/c108-62-65-25-19-34-74(56-65)81-40-22-47-91-97(81)118-98-85(41-23-49-93(98)106(91)87-43-16-13-35-82(87)83-36-14-17-44-88(83)106)105-115-102(73-32-11-4-12-33-73)112-103(116-105)78-60-76(68-26-5-1-6-27-68)59-77(61-78)79-38-20-46-90-95(79)84-37-15-18-45-89(84)107(90)92-48-21-39-80(70-53-51-69(52-54-70)75-57-66(63-109)55-67(58-75)64-110)96(92)117-99-86(42-24-50-94(99)107)104-113-100(71-28-7-2-8-29-71)111-101(114-104)72-30-9-3-10-31-72/h1-61H. The minimum Gasteiger partial charge on any atom is -0.455 e. The summed E-state index contributed by atoms with van der Waals surface area (Å²) in [5.41, 5.74) is 25.4. The summed E-state index contributed by atoms with van der Waals surface area (Å²) in [5.74, 6) is 5.36. The van der Waals surface area contributed by atoms with Crippen molar-refractivity contribution in [2.45, 2.75) is 10.8 Å². The van der Waals surface area contributed by atoms with E-state index in [0.717, 1.165) is 145 Å². The van der Waals surface area contributed by atoms with Crippen LogP contribution >= 0.6 is 0 Å². The van der Waals surface area contributed by atoms with Crippen LogP contribution in [0.15, 0.2) is 370 Å². The third kappa shape index (κ3) is 10.7. The van der Waals surface area contributed by atoms with Gasteiger partial charge in [0.15, 0.2) is 34.9 Å². The molecule has 11 heteroatoms. The number of para-hydroxylation sites is 4. The fraction of sp³-hybridized carbons (Fsp3) is 0.0187. The zero-order chi connectivity index (χ0) is 78.6. The van der Waals surface area contributed by atoms with Crippen LogP contribution in [0, 0.1) is 34.0 Å². The number of nitrogens with zero attached hydrogens (tertiary/aromatic N) is 9. The molecule has 2 aromatic heterocycles. The third-order valence-corrected chi connectivity index (χ3v) is 23.6. The van der Waals surface area contributed by atoms with E-state index in [9.17, 15) is 15.8 Å². The highest BCUT2D eigenvalue weighted by molar-refractivity contribution is 6.00. The molecule has 22 rings (SSSR count). The molecular formula is C107H61N9O2. The van der Waals surface area contributed by atoms with Crippen molar-refractivity contribution in [2.24, 2.45) is 0 Å². The average Bonchev–Trinajstić information content (AvgIpc) is 1.50. The lowest BCUT2D eigenvalue weighted by molar-refractivity contribution is 0.439. The second-order valence-electron chi connectivity index (χ2n) is 30.0. The van der Waals surface area contributed by atoms with E-state index in [2.05, 4.69) is 237 Å². The van der Waals surface area contributed by atoms with E-state index in [1.54, 1.807) is 6.07 Å². The number of aromatic nitrogens is 6. The fourth-order valence-electron chi connectivity index (χ4n) is 18.5. The maximum Gasteiger partial charge on any atom is 0.167 e. The fourth-order valence-corrected chi connectivity index (χ4v) is 18.5. The van der Waals surface area contributed by atoms with Gasteiger partial charge in [0.05, 0.1) is 56.9 Å². The number of rotatable bonds is 11. The molecule has 4 aliphatic rings. The predicted octanol–water partition coefficient (Wildman–Crippen LogP) is 24.9. The van der Waals surface area contributed by atoms with E-state index < -0.39 is 10.8 Å². The molecule has 0 saturated carbocycles. The van der Waals surface area contributed by atoms with Crippen molar-refractivity contribution in [2.75, 3.05) is 0 Å². The Morgan fingerprint density at radius 3 is 0.983 bits per heavy atom. The molecule has 16 aromatic carbocycles. The Morgan fingerprint density at radius 2 is 0.492 bits per heavy atom. The Kier molecular flexibility index (Phi) is 15.9. The monoisotopic (exact) mass is 1500 g/mol. The van der Waals surface area contributed by atoms with E-state index in [-0.39, 0.29) is 0 Å². The summed E-state index contributed by atoms with van der Waals surface area (Å²) < 4.78 is 15.4. The van der Waals surface area contributed by atoms with Crippen LogP contribution in [0.25, 0.3) is 146 Å². The van der Waals surface area contributed by atoms with Crippen molar-refractivity contribution in [3.63, 3.8) is 0 Å². The molecule has 0 bridgehead atoms. The summed E-state index contributed by atoms with van der Waals surface area (Å²) in [6.07, 6.45) is 0. The first-order valence-corrected chi connectivity index (χ1v) is 39.1. The average molecular weight is 1500 g/mol. The lowest BCUT2D eigenvalue weighted by Gasteiger charge is -2.40. The molecule has 0 amide bonds. The summed E-state index contributed by atoms with van der Waals surface area (Å²) in [6.45, 7) is 0. The maximum atomic E-state index is 10.3. The molecule has 546 valence electrons. The van der Waals surface area contributed by atoms with Crippen molar-refractivity contribution < 1.29 is 9.47 Å². The van der Waals surface area contributed by atoms with Gasteiger partial charge in [-0.25, -0.2) is 29.9 Å². The summed E-state index contributed by atoms with van der Waals surface area (Å²) in [7, 11) is 0. The Morgan fingerprint density at radius 1 is 0.186 bits per heavy atom. The molecule has 11 nitrogen and oxygen atoms in total. The molecule has 1 unspecified atom stereocenters. The van der Waals surface area contributed by atoms with Crippen LogP contribution in [0.5, 0.6) is 23.0 Å². The first-order valence-electron chi connectivity index (χ1n) is 39.1. The van der Waals surface area contributed by atoms with Gasteiger partial charge < -0.3 is 9.47 Å². The molecule has 0 radical (unpaired) electrons. The molecular weight excluding hydrogens is 1440 g/mol. The van der Waals surface area contributed by atoms with Crippen molar-refractivity contribution in [1.82, 2.24) is 29.9 Å². The van der Waals surface area contributed by atoms with Crippen LogP contribution < -0.4 is 9.47 Å². The quantitative estimate of drug-likeness (QED) is 0.121. The largest absolute Gasteiger partial charge is 0.455 e. The van der Waals surface area contributed by atoms with Gasteiger partial charge in [-0.05, 0) is 150 Å². The first-order chi connectivity index (χ1) is 58.3. The van der Waals surface area contributed by atoms with E-state index in [1.165, 1.54) is 0 Å². The van der Waals surface area contributed by atoms with Crippen LogP contribution in [0.3, 0.4) is 0 Å².